The van der Waals surface area contributed by atoms with Gasteiger partial charge >= 0.3 is 0 Å². The van der Waals surface area contributed by atoms with Gasteiger partial charge in [-0.25, -0.2) is 4.39 Å². The van der Waals surface area contributed by atoms with Crippen molar-refractivity contribution < 1.29 is 9.50 Å². The molecule has 0 aliphatic heterocycles. The summed E-state index contributed by atoms with van der Waals surface area (Å²) in [6.07, 6.45) is 1.76. The summed E-state index contributed by atoms with van der Waals surface area (Å²) in [7, 11) is 0. The van der Waals surface area contributed by atoms with Crippen molar-refractivity contribution in [2.24, 2.45) is 0 Å². The molecule has 0 aliphatic rings. The van der Waals surface area contributed by atoms with Crippen molar-refractivity contribution in [3.8, 4) is 0 Å². The second kappa shape index (κ2) is 8.35. The highest BCUT2D eigenvalue weighted by atomic mass is 19.1. The van der Waals surface area contributed by atoms with Crippen LogP contribution in [0.5, 0.6) is 0 Å². The van der Waals surface area contributed by atoms with E-state index in [1.54, 1.807) is 6.07 Å². The van der Waals surface area contributed by atoms with Crippen molar-refractivity contribution in [2.45, 2.75) is 52.1 Å². The zero-order valence-electron chi connectivity index (χ0n) is 13.7. The molecule has 0 aromatic heterocycles. The van der Waals surface area contributed by atoms with Crippen LogP contribution in [0.15, 0.2) is 24.3 Å². The molecule has 1 unspecified atom stereocenters. The smallest absolute Gasteiger partial charge is 0.146 e. The fourth-order valence-electron chi connectivity index (χ4n) is 2.71. The molecule has 3 nitrogen and oxygen atoms in total. The molecule has 0 radical (unpaired) electrons. The number of aliphatic hydroxyl groups excluding tert-OH is 1. The molecule has 1 atom stereocenters. The van der Waals surface area contributed by atoms with Gasteiger partial charge in [0.25, 0.3) is 0 Å². The number of para-hydroxylation sites is 1. The molecule has 120 valence electrons. The summed E-state index contributed by atoms with van der Waals surface area (Å²) in [6.45, 7) is 9.88. The monoisotopic (exact) mass is 296 g/mol. The minimum absolute atomic E-state index is 0.108. The molecule has 21 heavy (non-hydrogen) atoms. The third-order valence-electron chi connectivity index (χ3n) is 3.72. The lowest BCUT2D eigenvalue weighted by molar-refractivity contribution is 0.155. The third-order valence-corrected chi connectivity index (χ3v) is 3.72. The summed E-state index contributed by atoms with van der Waals surface area (Å²) in [6, 6.07) is 7.21. The Kier molecular flexibility index (Phi) is 7.12. The summed E-state index contributed by atoms with van der Waals surface area (Å²) < 4.78 is 13.8. The van der Waals surface area contributed by atoms with Gasteiger partial charge in [0.2, 0.25) is 0 Å². The molecule has 0 heterocycles. The van der Waals surface area contributed by atoms with E-state index in [1.165, 1.54) is 6.07 Å². The van der Waals surface area contributed by atoms with E-state index in [-0.39, 0.29) is 18.0 Å². The molecule has 1 rings (SSSR count). The molecule has 0 spiro atoms. The van der Waals surface area contributed by atoms with Crippen molar-refractivity contribution >= 4 is 5.69 Å². The van der Waals surface area contributed by atoms with Crippen LogP contribution >= 0.6 is 0 Å². The Morgan fingerprint density at radius 1 is 1.33 bits per heavy atom. The fraction of sp³-hybridized carbons (Fsp3) is 0.647. The Hall–Kier alpha value is -1.13. The molecule has 0 saturated carbocycles. The molecule has 0 bridgehead atoms. The lowest BCUT2D eigenvalue weighted by Gasteiger charge is -2.32. The zero-order chi connectivity index (χ0) is 15.9. The molecule has 0 fully saturated rings. The average Bonchev–Trinajstić information content (AvgIpc) is 2.44. The van der Waals surface area contributed by atoms with Crippen LogP contribution in [-0.4, -0.2) is 36.4 Å². The van der Waals surface area contributed by atoms with Crippen molar-refractivity contribution in [1.29, 1.82) is 0 Å². The van der Waals surface area contributed by atoms with Gasteiger partial charge in [-0.1, -0.05) is 26.0 Å². The first-order valence-electron chi connectivity index (χ1n) is 7.80. The first-order valence-corrected chi connectivity index (χ1v) is 7.80. The van der Waals surface area contributed by atoms with Crippen molar-refractivity contribution in [2.75, 3.05) is 24.6 Å². The maximum absolute atomic E-state index is 13.8. The molecule has 0 saturated heterocycles. The van der Waals surface area contributed by atoms with Crippen LogP contribution in [-0.2, 0) is 0 Å². The van der Waals surface area contributed by atoms with Gasteiger partial charge in [-0.15, -0.1) is 0 Å². The molecule has 1 aromatic carbocycles. The molecule has 4 heteroatoms. The Morgan fingerprint density at radius 3 is 2.52 bits per heavy atom. The SMILES string of the molecule is CCN(CCCC(C)(CO)NC(C)C)c1ccccc1F. The number of anilines is 1. The molecular formula is C17H29FN2O. The minimum Gasteiger partial charge on any atom is -0.394 e. The summed E-state index contributed by atoms with van der Waals surface area (Å²) in [5.41, 5.74) is 0.380. The predicted octanol–water partition coefficient (Wildman–Crippen LogP) is 3.18. The molecule has 0 amide bonds. The largest absolute Gasteiger partial charge is 0.394 e. The van der Waals surface area contributed by atoms with E-state index in [0.29, 0.717) is 11.7 Å². The number of nitrogens with zero attached hydrogens (tertiary/aromatic N) is 1. The number of halogens is 1. The van der Waals surface area contributed by atoms with Crippen LogP contribution in [0.1, 0.15) is 40.5 Å². The third kappa shape index (κ3) is 5.64. The number of hydrogen-bond donors (Lipinski definition) is 2. The lowest BCUT2D eigenvalue weighted by Crippen LogP contribution is -2.49. The van der Waals surface area contributed by atoms with Crippen LogP contribution in [0.2, 0.25) is 0 Å². The van der Waals surface area contributed by atoms with Gasteiger partial charge in [-0.2, -0.15) is 0 Å². The van der Waals surface area contributed by atoms with E-state index in [9.17, 15) is 9.50 Å². The molecule has 1 aromatic rings. The first kappa shape index (κ1) is 17.9. The molecule has 0 aliphatic carbocycles. The van der Waals surface area contributed by atoms with E-state index in [1.807, 2.05) is 30.9 Å². The highest BCUT2D eigenvalue weighted by molar-refractivity contribution is 5.47. The normalized spacial score (nSPS) is 14.2. The maximum Gasteiger partial charge on any atom is 0.146 e. The number of nitrogens with one attached hydrogen (secondary N) is 1. The molecule has 2 N–H and O–H groups in total. The van der Waals surface area contributed by atoms with Gasteiger partial charge in [0.15, 0.2) is 0 Å². The topological polar surface area (TPSA) is 35.5 Å². The highest BCUT2D eigenvalue weighted by Crippen LogP contribution is 2.20. The summed E-state index contributed by atoms with van der Waals surface area (Å²) in [5, 5.41) is 13.0. The van der Waals surface area contributed by atoms with Gasteiger partial charge in [0.1, 0.15) is 5.82 Å². The molecular weight excluding hydrogens is 267 g/mol. The van der Waals surface area contributed by atoms with Crippen molar-refractivity contribution in [3.05, 3.63) is 30.1 Å². The number of benzene rings is 1. The Labute approximate surface area is 128 Å². The van der Waals surface area contributed by atoms with Crippen LogP contribution < -0.4 is 10.2 Å². The second-order valence-corrected chi connectivity index (χ2v) is 6.15. The van der Waals surface area contributed by atoms with Crippen LogP contribution in [0.25, 0.3) is 0 Å². The van der Waals surface area contributed by atoms with E-state index in [0.717, 1.165) is 25.9 Å². The Bertz CT molecular complexity index is 425. The maximum atomic E-state index is 13.8. The van der Waals surface area contributed by atoms with E-state index in [4.69, 9.17) is 0 Å². The van der Waals surface area contributed by atoms with Crippen LogP contribution in [0.4, 0.5) is 10.1 Å². The van der Waals surface area contributed by atoms with E-state index in [2.05, 4.69) is 19.2 Å². The van der Waals surface area contributed by atoms with Crippen LogP contribution in [0, 0.1) is 5.82 Å². The fourth-order valence-corrected chi connectivity index (χ4v) is 2.71. The summed E-state index contributed by atoms with van der Waals surface area (Å²) in [4.78, 5) is 2.04. The standard InChI is InChI=1S/C17H29FN2O/c1-5-20(16-10-7-6-9-15(16)18)12-8-11-17(4,13-21)19-14(2)3/h6-7,9-10,14,19,21H,5,8,11-13H2,1-4H3. The predicted molar refractivity (Wildman–Crippen MR) is 87.3 cm³/mol. The number of aliphatic hydroxyl groups is 1. The summed E-state index contributed by atoms with van der Waals surface area (Å²) >= 11 is 0. The van der Waals surface area contributed by atoms with Crippen LogP contribution in [0.3, 0.4) is 0 Å². The van der Waals surface area contributed by atoms with Gasteiger partial charge in [0.05, 0.1) is 12.3 Å². The first-order chi connectivity index (χ1) is 9.91. The number of rotatable bonds is 9. The lowest BCUT2D eigenvalue weighted by atomic mass is 9.95. The Balaban J connectivity index is 2.58. The summed E-state index contributed by atoms with van der Waals surface area (Å²) in [5.74, 6) is -0.176. The van der Waals surface area contributed by atoms with Gasteiger partial charge in [0, 0.05) is 24.7 Å². The minimum atomic E-state index is -0.275. The Morgan fingerprint density at radius 2 is 2.00 bits per heavy atom. The van der Waals surface area contributed by atoms with Gasteiger partial charge in [-0.05, 0) is 38.8 Å². The highest BCUT2D eigenvalue weighted by Gasteiger charge is 2.23. The quantitative estimate of drug-likeness (QED) is 0.734. The number of hydrogen-bond acceptors (Lipinski definition) is 3. The van der Waals surface area contributed by atoms with E-state index < -0.39 is 0 Å². The van der Waals surface area contributed by atoms with E-state index >= 15 is 0 Å². The average molecular weight is 296 g/mol. The van der Waals surface area contributed by atoms with Gasteiger partial charge in [-0.3, -0.25) is 0 Å². The van der Waals surface area contributed by atoms with Crippen molar-refractivity contribution in [3.63, 3.8) is 0 Å². The zero-order valence-corrected chi connectivity index (χ0v) is 13.7. The van der Waals surface area contributed by atoms with Gasteiger partial charge < -0.3 is 15.3 Å². The van der Waals surface area contributed by atoms with Crippen molar-refractivity contribution in [1.82, 2.24) is 5.32 Å². The second-order valence-electron chi connectivity index (χ2n) is 6.15.